The molecule has 2 fully saturated rings. The van der Waals surface area contributed by atoms with Gasteiger partial charge in [-0.2, -0.15) is 4.98 Å². The van der Waals surface area contributed by atoms with Crippen molar-refractivity contribution in [2.45, 2.75) is 52.0 Å². The first-order valence-electron chi connectivity index (χ1n) is 13.4. The Hall–Kier alpha value is -3.05. The third-order valence-electron chi connectivity index (χ3n) is 7.50. The van der Waals surface area contributed by atoms with Crippen molar-refractivity contribution in [1.29, 1.82) is 0 Å². The van der Waals surface area contributed by atoms with Crippen molar-refractivity contribution in [3.8, 4) is 0 Å². The maximum atomic E-state index is 11.8. The van der Waals surface area contributed by atoms with Crippen LogP contribution < -0.4 is 15.1 Å². The Kier molecular flexibility index (Phi) is 10.1. The zero-order valence-corrected chi connectivity index (χ0v) is 24.3. The van der Waals surface area contributed by atoms with Crippen molar-refractivity contribution in [2.75, 3.05) is 53.9 Å². The molecule has 0 bridgehead atoms. The van der Waals surface area contributed by atoms with Gasteiger partial charge in [0.1, 0.15) is 21.5 Å². The van der Waals surface area contributed by atoms with Gasteiger partial charge in [0, 0.05) is 69.9 Å². The van der Waals surface area contributed by atoms with E-state index in [0.29, 0.717) is 5.92 Å². The van der Waals surface area contributed by atoms with Crippen LogP contribution in [0.15, 0.2) is 36.7 Å². The fraction of sp³-hybridized carbons (Fsp3) is 0.536. The van der Waals surface area contributed by atoms with Gasteiger partial charge < -0.3 is 20.2 Å². The molecule has 39 heavy (non-hydrogen) atoms. The number of hydrogen-bond acceptors (Lipinski definition) is 9. The van der Waals surface area contributed by atoms with Gasteiger partial charge in [0.2, 0.25) is 5.95 Å². The van der Waals surface area contributed by atoms with Crippen LogP contribution in [0.2, 0.25) is 0 Å². The molecule has 11 heteroatoms. The second-order valence-electron chi connectivity index (χ2n) is 10.6. The standard InChI is InChI=1S/C27H36N6O2S.CH4O.FH.H2/c1-18(2)21-8-9-24(33-16-20(19(33)3)17-36(4,34)35)23-15-29-26(14-22(21)23)30-25-10-11-28-27(31-25)32-12-6-5-7-13-32;1-2;;/h8-11,14-15,18-20H,5-7,12-13,16-17H2,1-4H3,(H,28,29,30,31);2H,1H3;2*1H/t19-,20-;;;/m1.../s1. The number of benzene rings is 1. The van der Waals surface area contributed by atoms with E-state index in [1.165, 1.54) is 31.1 Å². The number of rotatable bonds is 7. The molecular weight excluding hydrogens is 519 g/mol. The molecule has 2 aliphatic heterocycles. The third kappa shape index (κ3) is 6.94. The Bertz CT molecular complexity index is 1370. The Morgan fingerprint density at radius 1 is 1.08 bits per heavy atom. The first-order chi connectivity index (χ1) is 18.2. The summed E-state index contributed by atoms with van der Waals surface area (Å²) in [4.78, 5) is 18.5. The summed E-state index contributed by atoms with van der Waals surface area (Å²) in [7, 11) is -1.99. The number of piperidine rings is 1. The van der Waals surface area contributed by atoms with E-state index >= 15 is 0 Å². The second kappa shape index (κ2) is 12.9. The number of nitrogens with zero attached hydrogens (tertiary/aromatic N) is 5. The minimum absolute atomic E-state index is 0. The Morgan fingerprint density at radius 3 is 2.44 bits per heavy atom. The van der Waals surface area contributed by atoms with Gasteiger partial charge in [-0.1, -0.05) is 19.9 Å². The molecule has 2 saturated heterocycles. The van der Waals surface area contributed by atoms with E-state index in [0.717, 1.165) is 60.8 Å². The van der Waals surface area contributed by atoms with Crippen LogP contribution in [0.3, 0.4) is 0 Å². The van der Waals surface area contributed by atoms with Crippen LogP contribution >= 0.6 is 0 Å². The largest absolute Gasteiger partial charge is 0.400 e. The number of nitrogens with one attached hydrogen (secondary N) is 1. The minimum Gasteiger partial charge on any atom is -0.400 e. The summed E-state index contributed by atoms with van der Waals surface area (Å²) in [6.07, 6.45) is 8.68. The summed E-state index contributed by atoms with van der Waals surface area (Å²) < 4.78 is 23.6. The predicted molar refractivity (Wildman–Crippen MR) is 160 cm³/mol. The zero-order valence-electron chi connectivity index (χ0n) is 23.5. The number of aliphatic hydroxyl groups is 1. The molecule has 0 unspecified atom stereocenters. The summed E-state index contributed by atoms with van der Waals surface area (Å²) >= 11 is 0. The second-order valence-corrected chi connectivity index (χ2v) is 12.8. The molecule has 0 radical (unpaired) electrons. The van der Waals surface area contributed by atoms with Gasteiger partial charge in [-0.15, -0.1) is 0 Å². The minimum atomic E-state index is -2.99. The van der Waals surface area contributed by atoms with Gasteiger partial charge in [0.15, 0.2) is 0 Å². The highest BCUT2D eigenvalue weighted by Crippen LogP contribution is 2.39. The van der Waals surface area contributed by atoms with Crippen molar-refractivity contribution < 1.29 is 19.7 Å². The first-order valence-corrected chi connectivity index (χ1v) is 15.4. The van der Waals surface area contributed by atoms with Gasteiger partial charge in [0.25, 0.3) is 0 Å². The zero-order chi connectivity index (χ0) is 27.4. The number of hydrogen-bond donors (Lipinski definition) is 2. The highest BCUT2D eigenvalue weighted by atomic mass is 32.2. The number of fused-ring (bicyclic) bond motifs is 1. The van der Waals surface area contributed by atoms with E-state index in [2.05, 4.69) is 59.1 Å². The van der Waals surface area contributed by atoms with E-state index in [1.54, 1.807) is 6.20 Å². The van der Waals surface area contributed by atoms with Gasteiger partial charge in [0.05, 0.1) is 5.75 Å². The lowest BCUT2D eigenvalue weighted by Crippen LogP contribution is -2.57. The molecule has 4 heterocycles. The normalized spacial score (nSPS) is 19.2. The lowest BCUT2D eigenvalue weighted by Gasteiger charge is -2.48. The molecule has 2 aromatic heterocycles. The van der Waals surface area contributed by atoms with Crippen LogP contribution in [0.5, 0.6) is 0 Å². The number of anilines is 4. The summed E-state index contributed by atoms with van der Waals surface area (Å²) in [5.74, 6) is 2.99. The average Bonchev–Trinajstić information content (AvgIpc) is 2.91. The van der Waals surface area contributed by atoms with Gasteiger partial charge in [-0.3, -0.25) is 4.70 Å². The first kappa shape index (κ1) is 30.5. The topological polar surface area (TPSA) is 112 Å². The van der Waals surface area contributed by atoms with E-state index < -0.39 is 9.84 Å². The molecule has 0 spiro atoms. The fourth-order valence-corrected chi connectivity index (χ4v) is 6.61. The molecule has 1 aromatic carbocycles. The summed E-state index contributed by atoms with van der Waals surface area (Å²) in [6, 6.07) is 8.51. The third-order valence-corrected chi connectivity index (χ3v) is 8.54. The molecule has 5 rings (SSSR count). The molecule has 2 atom stereocenters. The van der Waals surface area contributed by atoms with Crippen LogP contribution in [0.25, 0.3) is 10.8 Å². The van der Waals surface area contributed by atoms with E-state index in [1.807, 2.05) is 12.3 Å². The molecule has 216 valence electrons. The molecule has 0 aliphatic carbocycles. The molecular formula is C28H43FN6O3S. The van der Waals surface area contributed by atoms with Crippen molar-refractivity contribution in [3.63, 3.8) is 0 Å². The van der Waals surface area contributed by atoms with Gasteiger partial charge >= 0.3 is 0 Å². The molecule has 2 aliphatic rings. The molecule has 2 N–H and O–H groups in total. The molecule has 9 nitrogen and oxygen atoms in total. The Balaban J connectivity index is 0.00000137. The van der Waals surface area contributed by atoms with Crippen LogP contribution in [-0.2, 0) is 9.84 Å². The number of pyridine rings is 1. The Morgan fingerprint density at radius 2 is 1.79 bits per heavy atom. The molecule has 3 aromatic rings. The lowest BCUT2D eigenvalue weighted by atomic mass is 9.88. The van der Waals surface area contributed by atoms with Crippen molar-refractivity contribution in [3.05, 3.63) is 42.2 Å². The average molecular weight is 563 g/mol. The molecule has 0 amide bonds. The summed E-state index contributed by atoms with van der Waals surface area (Å²) in [5.41, 5.74) is 2.37. The highest BCUT2D eigenvalue weighted by Gasteiger charge is 2.38. The quantitative estimate of drug-likeness (QED) is 0.421. The smallest absolute Gasteiger partial charge is 0.227 e. The van der Waals surface area contributed by atoms with Crippen LogP contribution in [0.1, 0.15) is 52.9 Å². The predicted octanol–water partition coefficient (Wildman–Crippen LogP) is 4.76. The summed E-state index contributed by atoms with van der Waals surface area (Å²) in [5, 5.41) is 12.6. The highest BCUT2D eigenvalue weighted by molar-refractivity contribution is 7.90. The maximum Gasteiger partial charge on any atom is 0.227 e. The van der Waals surface area contributed by atoms with E-state index in [9.17, 15) is 8.42 Å². The number of halogens is 1. The van der Waals surface area contributed by atoms with Crippen molar-refractivity contribution in [1.82, 2.24) is 15.0 Å². The van der Waals surface area contributed by atoms with Crippen LogP contribution in [0.4, 0.5) is 28.0 Å². The SMILES string of the molecule is CC(C)c1ccc(N2C[C@H](CS(C)(=O)=O)[C@H]2C)c2cnc(Nc3ccnc(N4CCCCC4)n3)cc12.CO.F.[HH]. The summed E-state index contributed by atoms with van der Waals surface area (Å²) in [6.45, 7) is 9.25. The number of aliphatic hydroxyl groups excluding tert-OH is 1. The number of aromatic nitrogens is 3. The lowest BCUT2D eigenvalue weighted by molar-refractivity contribution is 0.342. The van der Waals surface area contributed by atoms with Gasteiger partial charge in [-0.25, -0.2) is 18.4 Å². The van der Waals surface area contributed by atoms with Gasteiger partial charge in [-0.05, 0) is 61.3 Å². The number of sulfone groups is 1. The van der Waals surface area contributed by atoms with Crippen LogP contribution in [0, 0.1) is 5.92 Å². The Labute approximate surface area is 232 Å². The maximum absolute atomic E-state index is 11.8. The van der Waals surface area contributed by atoms with Crippen molar-refractivity contribution in [2.24, 2.45) is 5.92 Å². The van der Waals surface area contributed by atoms with Crippen LogP contribution in [-0.4, -0.2) is 73.3 Å². The van der Waals surface area contributed by atoms with E-state index in [-0.39, 0.29) is 23.8 Å². The van der Waals surface area contributed by atoms with E-state index in [4.69, 9.17) is 15.1 Å². The van der Waals surface area contributed by atoms with Crippen molar-refractivity contribution >= 4 is 43.9 Å². The fourth-order valence-electron chi connectivity index (χ4n) is 5.45. The monoisotopic (exact) mass is 562 g/mol. The molecule has 0 saturated carbocycles.